The molecular weight excluding hydrogens is 387 g/mol. The molecule has 0 aliphatic rings. The molecule has 0 bridgehead atoms. The number of nitrogens with zero attached hydrogens (tertiary/aromatic N) is 2. The van der Waals surface area contributed by atoms with Gasteiger partial charge in [-0.05, 0) is 54.0 Å². The van der Waals surface area contributed by atoms with Crippen molar-refractivity contribution in [2.24, 2.45) is 5.92 Å². The van der Waals surface area contributed by atoms with E-state index in [0.29, 0.717) is 26.1 Å². The van der Waals surface area contributed by atoms with E-state index in [1.165, 1.54) is 12.1 Å². The van der Waals surface area contributed by atoms with E-state index in [4.69, 9.17) is 0 Å². The van der Waals surface area contributed by atoms with Crippen LogP contribution in [0.5, 0.6) is 0 Å². The number of thiophene rings is 1. The number of amides is 2. The Morgan fingerprint density at radius 2 is 1.72 bits per heavy atom. The van der Waals surface area contributed by atoms with Gasteiger partial charge in [-0.25, -0.2) is 4.39 Å². The fourth-order valence-electron chi connectivity index (χ4n) is 3.09. The van der Waals surface area contributed by atoms with E-state index >= 15 is 0 Å². The Kier molecular flexibility index (Phi) is 8.83. The normalized spacial score (nSPS) is 11.0. The van der Waals surface area contributed by atoms with Crippen LogP contribution < -0.4 is 0 Å². The zero-order valence-corrected chi connectivity index (χ0v) is 18.6. The van der Waals surface area contributed by atoms with Crippen LogP contribution in [0.4, 0.5) is 4.39 Å². The predicted molar refractivity (Wildman–Crippen MR) is 116 cm³/mol. The first kappa shape index (κ1) is 23.1. The number of rotatable bonds is 10. The maximum absolute atomic E-state index is 13.3. The first-order valence-electron chi connectivity index (χ1n) is 10.1. The molecule has 2 aromatic rings. The van der Waals surface area contributed by atoms with E-state index in [0.717, 1.165) is 22.4 Å². The molecule has 1 heterocycles. The second-order valence-electron chi connectivity index (χ2n) is 7.82. The SMILES string of the molecule is CCCN(CC(=O)N(Cc1ccc(F)cc1)Cc1sccc1C)C(=O)CC(C)C. The number of hydrogen-bond acceptors (Lipinski definition) is 3. The van der Waals surface area contributed by atoms with Crippen molar-refractivity contribution in [3.8, 4) is 0 Å². The van der Waals surface area contributed by atoms with Crippen LogP contribution in [0.3, 0.4) is 0 Å². The molecule has 0 fully saturated rings. The van der Waals surface area contributed by atoms with E-state index in [2.05, 4.69) is 0 Å². The zero-order chi connectivity index (χ0) is 21.4. The molecular formula is C23H31FN2O2S. The Hall–Kier alpha value is -2.21. The maximum Gasteiger partial charge on any atom is 0.242 e. The summed E-state index contributed by atoms with van der Waals surface area (Å²) >= 11 is 1.62. The molecule has 6 heteroatoms. The molecule has 0 saturated carbocycles. The maximum atomic E-state index is 13.3. The minimum Gasteiger partial charge on any atom is -0.333 e. The lowest BCUT2D eigenvalue weighted by Crippen LogP contribution is -2.43. The molecule has 0 saturated heterocycles. The highest BCUT2D eigenvalue weighted by Crippen LogP contribution is 2.20. The second kappa shape index (κ2) is 11.1. The zero-order valence-electron chi connectivity index (χ0n) is 17.8. The van der Waals surface area contributed by atoms with E-state index in [1.807, 2.05) is 39.1 Å². The molecule has 0 aliphatic heterocycles. The van der Waals surface area contributed by atoms with Crippen LogP contribution in [0, 0.1) is 18.7 Å². The number of carbonyl (C=O) groups is 2. The summed E-state index contributed by atoms with van der Waals surface area (Å²) < 4.78 is 13.3. The molecule has 4 nitrogen and oxygen atoms in total. The summed E-state index contributed by atoms with van der Waals surface area (Å²) in [6.45, 7) is 9.55. The van der Waals surface area contributed by atoms with Gasteiger partial charge in [0.1, 0.15) is 5.82 Å². The minimum atomic E-state index is -0.297. The molecule has 2 rings (SSSR count). The molecule has 1 aromatic heterocycles. The van der Waals surface area contributed by atoms with Crippen molar-refractivity contribution < 1.29 is 14.0 Å². The monoisotopic (exact) mass is 418 g/mol. The first-order valence-corrected chi connectivity index (χ1v) is 11.0. The molecule has 0 atom stereocenters. The molecule has 0 unspecified atom stereocenters. The third-order valence-electron chi connectivity index (χ3n) is 4.70. The summed E-state index contributed by atoms with van der Waals surface area (Å²) in [5.74, 6) is -0.118. The summed E-state index contributed by atoms with van der Waals surface area (Å²) in [6.07, 6.45) is 1.24. The molecule has 0 aliphatic carbocycles. The topological polar surface area (TPSA) is 40.6 Å². The van der Waals surface area contributed by atoms with Crippen molar-refractivity contribution in [3.63, 3.8) is 0 Å². The van der Waals surface area contributed by atoms with Crippen molar-refractivity contribution in [1.29, 1.82) is 0 Å². The Bertz CT molecular complexity index is 801. The number of hydrogen-bond donors (Lipinski definition) is 0. The van der Waals surface area contributed by atoms with Gasteiger partial charge >= 0.3 is 0 Å². The summed E-state index contributed by atoms with van der Waals surface area (Å²) in [7, 11) is 0. The van der Waals surface area contributed by atoms with Crippen molar-refractivity contribution in [2.75, 3.05) is 13.1 Å². The van der Waals surface area contributed by atoms with E-state index in [9.17, 15) is 14.0 Å². The van der Waals surface area contributed by atoms with Crippen LogP contribution in [0.15, 0.2) is 35.7 Å². The number of benzene rings is 1. The highest BCUT2D eigenvalue weighted by atomic mass is 32.1. The van der Waals surface area contributed by atoms with Gasteiger partial charge in [0.2, 0.25) is 11.8 Å². The lowest BCUT2D eigenvalue weighted by Gasteiger charge is -2.28. The molecule has 29 heavy (non-hydrogen) atoms. The molecule has 0 N–H and O–H groups in total. The summed E-state index contributed by atoms with van der Waals surface area (Å²) in [5.41, 5.74) is 2.01. The third kappa shape index (κ3) is 7.28. The quantitative estimate of drug-likeness (QED) is 0.544. The lowest BCUT2D eigenvalue weighted by atomic mass is 10.1. The van der Waals surface area contributed by atoms with Gasteiger partial charge in [0.15, 0.2) is 0 Å². The van der Waals surface area contributed by atoms with Crippen LogP contribution >= 0.6 is 11.3 Å². The smallest absolute Gasteiger partial charge is 0.242 e. The average Bonchev–Trinajstić information content (AvgIpc) is 3.06. The standard InChI is InChI=1S/C23H31FN2O2S/c1-5-11-25(22(27)13-17(2)3)16-23(28)26(15-21-18(4)10-12-29-21)14-19-6-8-20(24)9-7-19/h6-10,12,17H,5,11,13-16H2,1-4H3. The van der Waals surface area contributed by atoms with E-state index in [1.54, 1.807) is 33.3 Å². The Morgan fingerprint density at radius 3 is 2.28 bits per heavy atom. The van der Waals surface area contributed by atoms with E-state index in [-0.39, 0.29) is 30.1 Å². The Balaban J connectivity index is 2.18. The Labute approximate surface area is 177 Å². The highest BCUT2D eigenvalue weighted by molar-refractivity contribution is 7.10. The van der Waals surface area contributed by atoms with Gasteiger partial charge in [0, 0.05) is 24.4 Å². The summed E-state index contributed by atoms with van der Waals surface area (Å²) in [5, 5.41) is 2.01. The number of carbonyl (C=O) groups excluding carboxylic acids is 2. The van der Waals surface area contributed by atoms with E-state index < -0.39 is 0 Å². The molecule has 2 amide bonds. The van der Waals surface area contributed by atoms with Gasteiger partial charge in [-0.2, -0.15) is 0 Å². The number of aryl methyl sites for hydroxylation is 1. The van der Waals surface area contributed by atoms with Gasteiger partial charge < -0.3 is 9.80 Å². The summed E-state index contributed by atoms with van der Waals surface area (Å²) in [4.78, 5) is 30.3. The number of halogens is 1. The lowest BCUT2D eigenvalue weighted by molar-refractivity contribution is -0.141. The van der Waals surface area contributed by atoms with Crippen molar-refractivity contribution in [3.05, 3.63) is 57.5 Å². The van der Waals surface area contributed by atoms with Crippen LogP contribution in [0.25, 0.3) is 0 Å². The highest BCUT2D eigenvalue weighted by Gasteiger charge is 2.22. The first-order chi connectivity index (χ1) is 13.8. The van der Waals surface area contributed by atoms with Crippen LogP contribution in [-0.2, 0) is 22.7 Å². The fraction of sp³-hybridized carbons (Fsp3) is 0.478. The fourth-order valence-corrected chi connectivity index (χ4v) is 4.01. The van der Waals surface area contributed by atoms with Crippen LogP contribution in [-0.4, -0.2) is 34.7 Å². The minimum absolute atomic E-state index is 0.0178. The second-order valence-corrected chi connectivity index (χ2v) is 8.82. The van der Waals surface area contributed by atoms with Crippen LogP contribution in [0.1, 0.15) is 49.6 Å². The van der Waals surface area contributed by atoms with Gasteiger partial charge in [0.25, 0.3) is 0 Å². The summed E-state index contributed by atoms with van der Waals surface area (Å²) in [6, 6.07) is 8.25. The van der Waals surface area contributed by atoms with Gasteiger partial charge in [-0.1, -0.05) is 32.9 Å². The Morgan fingerprint density at radius 1 is 1.03 bits per heavy atom. The van der Waals surface area contributed by atoms with Crippen molar-refractivity contribution in [2.45, 2.75) is 53.6 Å². The van der Waals surface area contributed by atoms with Gasteiger partial charge in [-0.3, -0.25) is 9.59 Å². The average molecular weight is 419 g/mol. The molecule has 0 spiro atoms. The molecule has 1 aromatic carbocycles. The van der Waals surface area contributed by atoms with Crippen molar-refractivity contribution in [1.82, 2.24) is 9.80 Å². The van der Waals surface area contributed by atoms with Gasteiger partial charge in [-0.15, -0.1) is 11.3 Å². The molecule has 0 radical (unpaired) electrons. The van der Waals surface area contributed by atoms with Crippen molar-refractivity contribution >= 4 is 23.2 Å². The predicted octanol–water partition coefficient (Wildman–Crippen LogP) is 5.01. The largest absolute Gasteiger partial charge is 0.333 e. The van der Waals surface area contributed by atoms with Gasteiger partial charge in [0.05, 0.1) is 13.1 Å². The third-order valence-corrected chi connectivity index (χ3v) is 5.71. The van der Waals surface area contributed by atoms with Crippen LogP contribution in [0.2, 0.25) is 0 Å². The molecule has 158 valence electrons.